The molecule has 2 rings (SSSR count). The van der Waals surface area contributed by atoms with Crippen LogP contribution in [0.5, 0.6) is 5.75 Å². The molecule has 3 nitrogen and oxygen atoms in total. The van der Waals surface area contributed by atoms with E-state index in [1.807, 2.05) is 0 Å². The third-order valence-electron chi connectivity index (χ3n) is 2.25. The molecule has 0 aliphatic heterocycles. The van der Waals surface area contributed by atoms with Gasteiger partial charge in [0.15, 0.2) is 11.6 Å². The molecule has 0 atom stereocenters. The van der Waals surface area contributed by atoms with Crippen LogP contribution in [0.1, 0.15) is 5.69 Å². The fourth-order valence-corrected chi connectivity index (χ4v) is 1.72. The van der Waals surface area contributed by atoms with Crippen LogP contribution >= 0.6 is 15.9 Å². The highest BCUT2D eigenvalue weighted by molar-refractivity contribution is 9.10. The minimum absolute atomic E-state index is 0.127. The number of imidazole rings is 1. The van der Waals surface area contributed by atoms with Gasteiger partial charge >= 0.3 is 0 Å². The Balaban J connectivity index is 2.17. The number of benzene rings is 1. The zero-order chi connectivity index (χ0) is 12.4. The summed E-state index contributed by atoms with van der Waals surface area (Å²) >= 11 is 3.08. The smallest absolute Gasteiger partial charge is 0.200 e. The van der Waals surface area contributed by atoms with Gasteiger partial charge in [0.1, 0.15) is 6.61 Å². The van der Waals surface area contributed by atoms with Crippen LogP contribution in [-0.2, 0) is 13.7 Å². The van der Waals surface area contributed by atoms with Crippen molar-refractivity contribution < 1.29 is 13.5 Å². The second-order valence-electron chi connectivity index (χ2n) is 3.48. The van der Waals surface area contributed by atoms with Crippen LogP contribution in [0.3, 0.4) is 0 Å². The summed E-state index contributed by atoms with van der Waals surface area (Å²) in [7, 11) is 1.80. The molecule has 0 unspecified atom stereocenters. The van der Waals surface area contributed by atoms with Gasteiger partial charge in [0.05, 0.1) is 18.2 Å². The molecule has 1 aromatic carbocycles. The molecule has 6 heteroatoms. The number of ether oxygens (including phenoxy) is 1. The number of rotatable bonds is 3. The molecular weight excluding hydrogens is 294 g/mol. The van der Waals surface area contributed by atoms with E-state index in [2.05, 4.69) is 20.9 Å². The number of aryl methyl sites for hydroxylation is 1. The number of nitrogens with zero attached hydrogens (tertiary/aromatic N) is 2. The lowest BCUT2D eigenvalue weighted by atomic mass is 10.3. The van der Waals surface area contributed by atoms with E-state index in [9.17, 15) is 8.78 Å². The number of halogens is 3. The third kappa shape index (κ3) is 2.63. The number of hydrogen-bond acceptors (Lipinski definition) is 2. The van der Waals surface area contributed by atoms with Crippen LogP contribution in [-0.4, -0.2) is 9.55 Å². The van der Waals surface area contributed by atoms with E-state index in [0.717, 1.165) is 11.8 Å². The first-order valence-corrected chi connectivity index (χ1v) is 5.60. The molecule has 0 aliphatic carbocycles. The van der Waals surface area contributed by atoms with Crippen molar-refractivity contribution in [3.63, 3.8) is 0 Å². The lowest BCUT2D eigenvalue weighted by molar-refractivity contribution is 0.277. The first-order chi connectivity index (χ1) is 8.08. The van der Waals surface area contributed by atoms with Crippen molar-refractivity contribution in [2.75, 3.05) is 0 Å². The summed E-state index contributed by atoms with van der Waals surface area (Å²) in [5.74, 6) is -2.06. The van der Waals surface area contributed by atoms with Crippen LogP contribution in [0.25, 0.3) is 0 Å². The zero-order valence-corrected chi connectivity index (χ0v) is 10.5. The van der Waals surface area contributed by atoms with Crippen LogP contribution < -0.4 is 4.74 Å². The first-order valence-electron chi connectivity index (χ1n) is 4.80. The highest BCUT2D eigenvalue weighted by atomic mass is 79.9. The highest BCUT2D eigenvalue weighted by Crippen LogP contribution is 2.25. The van der Waals surface area contributed by atoms with Crippen molar-refractivity contribution in [1.29, 1.82) is 0 Å². The fourth-order valence-electron chi connectivity index (χ4n) is 1.31. The van der Waals surface area contributed by atoms with Gasteiger partial charge in [0.2, 0.25) is 5.82 Å². The first kappa shape index (κ1) is 12.0. The zero-order valence-electron chi connectivity index (χ0n) is 8.95. The second-order valence-corrected chi connectivity index (χ2v) is 4.40. The maximum absolute atomic E-state index is 13.4. The van der Waals surface area contributed by atoms with E-state index in [0.29, 0.717) is 4.47 Å². The van der Waals surface area contributed by atoms with Gasteiger partial charge < -0.3 is 9.30 Å². The lowest BCUT2D eigenvalue weighted by Crippen LogP contribution is -2.03. The molecule has 0 radical (unpaired) electrons. The summed E-state index contributed by atoms with van der Waals surface area (Å²) in [6, 6.07) is 2.43. The summed E-state index contributed by atoms with van der Waals surface area (Å²) in [5.41, 5.74) is 0.768. The van der Waals surface area contributed by atoms with Gasteiger partial charge in [-0.2, -0.15) is 4.39 Å². The predicted octanol–water partition coefficient (Wildman–Crippen LogP) is 3.04. The molecule has 0 saturated carbocycles. The molecule has 0 fully saturated rings. The third-order valence-corrected chi connectivity index (χ3v) is 2.71. The van der Waals surface area contributed by atoms with E-state index in [4.69, 9.17) is 4.74 Å². The second kappa shape index (κ2) is 4.83. The summed E-state index contributed by atoms with van der Waals surface area (Å²) in [6.07, 6.45) is 3.21. The minimum atomic E-state index is -0.990. The highest BCUT2D eigenvalue weighted by Gasteiger charge is 2.11. The summed E-state index contributed by atoms with van der Waals surface area (Å²) in [4.78, 5) is 3.90. The lowest BCUT2D eigenvalue weighted by Gasteiger charge is -2.08. The molecular formula is C11H9BrF2N2O. The largest absolute Gasteiger partial charge is 0.484 e. The number of hydrogen-bond donors (Lipinski definition) is 0. The van der Waals surface area contributed by atoms with Crippen LogP contribution in [0, 0.1) is 11.6 Å². The van der Waals surface area contributed by atoms with Gasteiger partial charge in [-0.25, -0.2) is 9.37 Å². The van der Waals surface area contributed by atoms with Crippen molar-refractivity contribution in [1.82, 2.24) is 9.55 Å². The molecule has 1 heterocycles. The maximum Gasteiger partial charge on any atom is 0.200 e. The van der Waals surface area contributed by atoms with Crippen LogP contribution in [0.2, 0.25) is 0 Å². The monoisotopic (exact) mass is 302 g/mol. The topological polar surface area (TPSA) is 27.1 Å². The number of aromatic nitrogens is 2. The summed E-state index contributed by atoms with van der Waals surface area (Å²) < 4.78 is 33.8. The Bertz CT molecular complexity index is 542. The van der Waals surface area contributed by atoms with E-state index >= 15 is 0 Å². The van der Waals surface area contributed by atoms with Crippen molar-refractivity contribution in [3.05, 3.63) is 46.5 Å². The maximum atomic E-state index is 13.4. The average Bonchev–Trinajstić information content (AvgIpc) is 2.67. The Labute approximate surface area is 105 Å². The average molecular weight is 303 g/mol. The molecule has 17 heavy (non-hydrogen) atoms. The van der Waals surface area contributed by atoms with Crippen molar-refractivity contribution >= 4 is 15.9 Å². The van der Waals surface area contributed by atoms with Gasteiger partial charge in [-0.15, -0.1) is 0 Å². The van der Waals surface area contributed by atoms with E-state index in [1.165, 1.54) is 6.07 Å². The van der Waals surface area contributed by atoms with Crippen molar-refractivity contribution in [3.8, 4) is 5.75 Å². The molecule has 90 valence electrons. The molecule has 0 bridgehead atoms. The van der Waals surface area contributed by atoms with Gasteiger partial charge in [-0.05, 0) is 12.1 Å². The predicted molar refractivity (Wildman–Crippen MR) is 61.6 cm³/mol. The van der Waals surface area contributed by atoms with Crippen LogP contribution in [0.15, 0.2) is 29.1 Å². The van der Waals surface area contributed by atoms with Gasteiger partial charge in [0, 0.05) is 11.5 Å². The Morgan fingerprint density at radius 1 is 1.41 bits per heavy atom. The van der Waals surface area contributed by atoms with Gasteiger partial charge in [0.25, 0.3) is 0 Å². The fraction of sp³-hybridized carbons (Fsp3) is 0.182. The normalized spacial score (nSPS) is 10.6. The Morgan fingerprint density at radius 2 is 2.18 bits per heavy atom. The molecule has 0 aliphatic rings. The quantitative estimate of drug-likeness (QED) is 0.815. The summed E-state index contributed by atoms with van der Waals surface area (Å²) in [5, 5.41) is 0. The standard InChI is InChI=1S/C11H9BrF2N2O/c1-16-6-15-4-8(16)5-17-10-3-7(12)2-9(13)11(10)14/h2-4,6H,5H2,1H3. The Morgan fingerprint density at radius 3 is 2.82 bits per heavy atom. The van der Waals surface area contributed by atoms with Gasteiger partial charge in [-0.3, -0.25) is 0 Å². The molecule has 0 N–H and O–H groups in total. The van der Waals surface area contributed by atoms with Gasteiger partial charge in [-0.1, -0.05) is 15.9 Å². The molecule has 0 amide bonds. The van der Waals surface area contributed by atoms with E-state index in [1.54, 1.807) is 24.1 Å². The Hall–Kier alpha value is -1.43. The SMILES string of the molecule is Cn1cncc1COc1cc(Br)cc(F)c1F. The molecule has 0 spiro atoms. The van der Waals surface area contributed by atoms with Crippen molar-refractivity contribution in [2.24, 2.45) is 7.05 Å². The molecule has 1 aromatic heterocycles. The van der Waals surface area contributed by atoms with E-state index < -0.39 is 11.6 Å². The molecule has 0 saturated heterocycles. The van der Waals surface area contributed by atoms with E-state index in [-0.39, 0.29) is 12.4 Å². The Kier molecular flexibility index (Phi) is 3.42. The minimum Gasteiger partial charge on any atom is -0.484 e. The molecule has 2 aromatic rings. The summed E-state index contributed by atoms with van der Waals surface area (Å²) in [6.45, 7) is 0.128. The van der Waals surface area contributed by atoms with Crippen molar-refractivity contribution in [2.45, 2.75) is 6.61 Å². The van der Waals surface area contributed by atoms with Crippen LogP contribution in [0.4, 0.5) is 8.78 Å².